The standard InChI is InChI=1S/C27H44O4/c1-17(2)6-5-7-18(16-28)21-8-9-22-20-14-24(30)27(31)15-19(29)10-13-26(27,4)23(20)11-12-25(21,22)3/h6,14,18-19,21-24,28-31H,5,7-13,15-16H2,1-4H3/t18?,19?,21?,22?,23?,24-,25-,26-,27?/m1/s1. The van der Waals surface area contributed by atoms with Crippen LogP contribution in [0.4, 0.5) is 0 Å². The summed E-state index contributed by atoms with van der Waals surface area (Å²) in [6, 6.07) is 0. The van der Waals surface area contributed by atoms with Crippen LogP contribution in [0.2, 0.25) is 0 Å². The van der Waals surface area contributed by atoms with Gasteiger partial charge in [0.1, 0.15) is 11.7 Å². The Labute approximate surface area is 188 Å². The molecule has 0 saturated heterocycles. The highest BCUT2D eigenvalue weighted by Gasteiger charge is 2.65. The van der Waals surface area contributed by atoms with E-state index in [2.05, 4.69) is 33.8 Å². The van der Waals surface area contributed by atoms with Crippen molar-refractivity contribution in [3.63, 3.8) is 0 Å². The Morgan fingerprint density at radius 3 is 2.52 bits per heavy atom. The van der Waals surface area contributed by atoms with Crippen molar-refractivity contribution in [2.45, 2.75) is 103 Å². The van der Waals surface area contributed by atoms with E-state index in [0.717, 1.165) is 44.9 Å². The van der Waals surface area contributed by atoms with E-state index in [0.29, 0.717) is 24.2 Å². The third-order valence-corrected chi connectivity index (χ3v) is 10.2. The lowest BCUT2D eigenvalue weighted by molar-refractivity contribution is -0.210. The molecule has 3 saturated carbocycles. The van der Waals surface area contributed by atoms with Crippen LogP contribution in [0, 0.1) is 34.5 Å². The zero-order valence-electron chi connectivity index (χ0n) is 20.0. The summed E-state index contributed by atoms with van der Waals surface area (Å²) in [6.45, 7) is 9.11. The van der Waals surface area contributed by atoms with Gasteiger partial charge in [-0.25, -0.2) is 0 Å². The molecule has 176 valence electrons. The van der Waals surface area contributed by atoms with Gasteiger partial charge in [-0.05, 0) is 94.3 Å². The maximum Gasteiger partial charge on any atom is 0.102 e. The summed E-state index contributed by atoms with van der Waals surface area (Å²) in [4.78, 5) is 0. The fourth-order valence-corrected chi connectivity index (χ4v) is 8.37. The van der Waals surface area contributed by atoms with Crippen molar-refractivity contribution < 1.29 is 20.4 Å². The third-order valence-electron chi connectivity index (χ3n) is 10.2. The quantitative estimate of drug-likeness (QED) is 0.487. The number of fused-ring (bicyclic) bond motifs is 5. The van der Waals surface area contributed by atoms with Crippen LogP contribution in [0.1, 0.15) is 85.5 Å². The van der Waals surface area contributed by atoms with E-state index >= 15 is 0 Å². The normalized spacial score (nSPS) is 47.6. The van der Waals surface area contributed by atoms with E-state index in [4.69, 9.17) is 0 Å². The topological polar surface area (TPSA) is 80.9 Å². The van der Waals surface area contributed by atoms with Crippen LogP contribution in [0.25, 0.3) is 0 Å². The predicted octanol–water partition coefficient (Wildman–Crippen LogP) is 4.37. The van der Waals surface area contributed by atoms with Crippen LogP contribution < -0.4 is 0 Å². The first-order valence-electron chi connectivity index (χ1n) is 12.6. The number of hydrogen-bond acceptors (Lipinski definition) is 4. The molecule has 0 aromatic heterocycles. The zero-order valence-corrected chi connectivity index (χ0v) is 20.0. The highest BCUT2D eigenvalue weighted by molar-refractivity contribution is 5.33. The molecule has 4 heteroatoms. The Hall–Kier alpha value is -0.680. The fourth-order valence-electron chi connectivity index (χ4n) is 8.37. The molecule has 0 amide bonds. The predicted molar refractivity (Wildman–Crippen MR) is 123 cm³/mol. The Morgan fingerprint density at radius 1 is 1.10 bits per heavy atom. The van der Waals surface area contributed by atoms with Crippen molar-refractivity contribution in [2.24, 2.45) is 34.5 Å². The van der Waals surface area contributed by atoms with Crippen LogP contribution in [-0.2, 0) is 0 Å². The SMILES string of the molecule is CC(C)=CCCC(CO)C1CCC2C3=C[C@@H](O)C4(O)CC(O)CC[C@]4(C)C3CC[C@@]21C. The van der Waals surface area contributed by atoms with Crippen LogP contribution in [0.15, 0.2) is 23.3 Å². The van der Waals surface area contributed by atoms with Gasteiger partial charge in [0.25, 0.3) is 0 Å². The van der Waals surface area contributed by atoms with Crippen LogP contribution >= 0.6 is 0 Å². The summed E-state index contributed by atoms with van der Waals surface area (Å²) in [5.74, 6) is 1.54. The van der Waals surface area contributed by atoms with Crippen LogP contribution in [-0.4, -0.2) is 44.8 Å². The minimum Gasteiger partial charge on any atom is -0.396 e. The van der Waals surface area contributed by atoms with Crippen molar-refractivity contribution in [1.29, 1.82) is 0 Å². The van der Waals surface area contributed by atoms with Crippen molar-refractivity contribution in [3.05, 3.63) is 23.3 Å². The summed E-state index contributed by atoms with van der Waals surface area (Å²) in [5.41, 5.74) is 1.25. The summed E-state index contributed by atoms with van der Waals surface area (Å²) >= 11 is 0. The molecule has 4 aliphatic rings. The molecule has 3 fully saturated rings. The molecule has 4 rings (SSSR count). The Bertz CT molecular complexity index is 740. The van der Waals surface area contributed by atoms with Gasteiger partial charge in [0.05, 0.1) is 6.10 Å². The number of allylic oxidation sites excluding steroid dienone is 3. The summed E-state index contributed by atoms with van der Waals surface area (Å²) in [5, 5.41) is 43.1. The largest absolute Gasteiger partial charge is 0.396 e. The first-order chi connectivity index (χ1) is 14.6. The molecule has 6 unspecified atom stereocenters. The molecule has 31 heavy (non-hydrogen) atoms. The van der Waals surface area contributed by atoms with Gasteiger partial charge in [-0.15, -0.1) is 0 Å². The monoisotopic (exact) mass is 432 g/mol. The second kappa shape index (κ2) is 8.27. The van der Waals surface area contributed by atoms with Gasteiger partial charge < -0.3 is 20.4 Å². The average Bonchev–Trinajstić information content (AvgIpc) is 3.05. The molecule has 4 N–H and O–H groups in total. The smallest absolute Gasteiger partial charge is 0.102 e. The lowest BCUT2D eigenvalue weighted by atomic mass is 9.45. The van der Waals surface area contributed by atoms with Gasteiger partial charge in [0, 0.05) is 18.4 Å². The van der Waals surface area contributed by atoms with E-state index in [9.17, 15) is 20.4 Å². The molecule has 9 atom stereocenters. The molecule has 0 aromatic carbocycles. The van der Waals surface area contributed by atoms with Crippen molar-refractivity contribution >= 4 is 0 Å². The van der Waals surface area contributed by atoms with E-state index in [1.54, 1.807) is 0 Å². The zero-order chi connectivity index (χ0) is 22.6. The lowest BCUT2D eigenvalue weighted by Gasteiger charge is -2.62. The molecule has 0 bridgehead atoms. The summed E-state index contributed by atoms with van der Waals surface area (Å²) in [7, 11) is 0. The molecule has 0 heterocycles. The van der Waals surface area contributed by atoms with Crippen LogP contribution in [0.5, 0.6) is 0 Å². The molecule has 0 radical (unpaired) electrons. The number of hydrogen-bond donors (Lipinski definition) is 4. The van der Waals surface area contributed by atoms with Crippen molar-refractivity contribution in [1.82, 2.24) is 0 Å². The minimum atomic E-state index is -1.23. The highest BCUT2D eigenvalue weighted by Crippen LogP contribution is 2.67. The van der Waals surface area contributed by atoms with E-state index in [1.807, 2.05) is 6.08 Å². The maximum absolute atomic E-state index is 11.6. The van der Waals surface area contributed by atoms with Crippen molar-refractivity contribution in [3.8, 4) is 0 Å². The first-order valence-corrected chi connectivity index (χ1v) is 12.6. The molecule has 4 aliphatic carbocycles. The Kier molecular flexibility index (Phi) is 6.26. The van der Waals surface area contributed by atoms with E-state index in [1.165, 1.54) is 11.1 Å². The number of aliphatic hydroxyl groups excluding tert-OH is 3. The van der Waals surface area contributed by atoms with Crippen molar-refractivity contribution in [2.75, 3.05) is 6.61 Å². The summed E-state index contributed by atoms with van der Waals surface area (Å²) in [6.07, 6.45) is 11.0. The van der Waals surface area contributed by atoms with E-state index in [-0.39, 0.29) is 29.8 Å². The van der Waals surface area contributed by atoms with E-state index < -0.39 is 17.8 Å². The van der Waals surface area contributed by atoms with Gasteiger partial charge in [-0.3, -0.25) is 0 Å². The second-order valence-electron chi connectivity index (χ2n) is 12.0. The minimum absolute atomic E-state index is 0.153. The van der Waals surface area contributed by atoms with Crippen LogP contribution in [0.3, 0.4) is 0 Å². The Balaban J connectivity index is 1.62. The molecule has 4 nitrogen and oxygen atoms in total. The third kappa shape index (κ3) is 3.57. The van der Waals surface area contributed by atoms with Gasteiger partial charge in [0.2, 0.25) is 0 Å². The molecular weight excluding hydrogens is 388 g/mol. The molecule has 0 aromatic rings. The van der Waals surface area contributed by atoms with Gasteiger partial charge in [-0.2, -0.15) is 0 Å². The Morgan fingerprint density at radius 2 is 1.84 bits per heavy atom. The maximum atomic E-state index is 11.6. The fraction of sp³-hybridized carbons (Fsp3) is 0.852. The molecular formula is C27H44O4. The number of rotatable bonds is 5. The van der Waals surface area contributed by atoms with Gasteiger partial charge in [0.15, 0.2) is 0 Å². The van der Waals surface area contributed by atoms with Gasteiger partial charge >= 0.3 is 0 Å². The molecule has 0 spiro atoms. The average molecular weight is 433 g/mol. The number of aliphatic hydroxyl groups is 4. The summed E-state index contributed by atoms with van der Waals surface area (Å²) < 4.78 is 0. The first kappa shape index (κ1) is 23.5. The molecule has 0 aliphatic heterocycles. The lowest BCUT2D eigenvalue weighted by Crippen LogP contribution is -2.65. The second-order valence-corrected chi connectivity index (χ2v) is 12.0. The van der Waals surface area contributed by atoms with Gasteiger partial charge in [-0.1, -0.05) is 37.1 Å². The highest BCUT2D eigenvalue weighted by atomic mass is 16.3.